The summed E-state index contributed by atoms with van der Waals surface area (Å²) in [5.41, 5.74) is 0. The van der Waals surface area contributed by atoms with Gasteiger partial charge >= 0.3 is 7.82 Å². The van der Waals surface area contributed by atoms with Crippen LogP contribution in [0.5, 0.6) is 0 Å². The summed E-state index contributed by atoms with van der Waals surface area (Å²) in [6.07, 6.45) is 16.1. The molecule has 0 spiro atoms. The van der Waals surface area contributed by atoms with Gasteiger partial charge < -0.3 is 46.0 Å². The van der Waals surface area contributed by atoms with Crippen molar-refractivity contribution in [3.63, 3.8) is 0 Å². The fourth-order valence-corrected chi connectivity index (χ4v) is 7.32. The molecule has 1 saturated carbocycles. The van der Waals surface area contributed by atoms with Crippen LogP contribution >= 0.6 is 7.82 Å². The number of phosphoric ester groups is 1. The zero-order valence-corrected chi connectivity index (χ0v) is 33.3. The highest BCUT2D eigenvalue weighted by atomic mass is 31.2. The van der Waals surface area contributed by atoms with Crippen molar-refractivity contribution in [2.24, 2.45) is 0 Å². The Hall–Kier alpha value is -1.22. The second-order valence-corrected chi connectivity index (χ2v) is 16.1. The first-order valence-corrected chi connectivity index (χ1v) is 21.9. The molecule has 0 heterocycles. The van der Waals surface area contributed by atoms with Gasteiger partial charge in [0.15, 0.2) is 0 Å². The summed E-state index contributed by atoms with van der Waals surface area (Å²) in [5, 5.41) is 73.9. The van der Waals surface area contributed by atoms with Crippen LogP contribution in [0.3, 0.4) is 0 Å². The summed E-state index contributed by atoms with van der Waals surface area (Å²) < 4.78 is 22.7. The summed E-state index contributed by atoms with van der Waals surface area (Å²) in [6, 6.07) is -1.24. The Bertz CT molecular complexity index is 1020. The number of aliphatic hydroxyl groups excluding tert-OH is 7. The summed E-state index contributed by atoms with van der Waals surface area (Å²) in [7, 11) is -5.13. The first kappa shape index (κ1) is 49.8. The fourth-order valence-electron chi connectivity index (χ4n) is 6.35. The molecule has 0 aromatic carbocycles. The molecule has 9 N–H and O–H groups in total. The Labute approximate surface area is 318 Å². The Morgan fingerprint density at radius 2 is 1.09 bits per heavy atom. The number of nitrogens with one attached hydrogen (secondary N) is 1. The van der Waals surface area contributed by atoms with Crippen LogP contribution in [0.15, 0.2) is 24.3 Å². The molecule has 312 valence electrons. The molecular formula is C39H74NO12P. The molecule has 1 aliphatic rings. The standard InChI is InChI=1S/C39H74NO12P/c1-3-5-7-9-11-12-13-14-15-16-17-18-19-21-22-24-26-30(41)28-33(43)40-31(32(42)27-25-23-20-10-8-6-4-2)29-51-53(49,50)52-39-37(47)35(45)34(44)36(46)38(39)48/h17-18,25,27,30-32,34-39,41-42,44-48H,3-16,19-24,26,28-29H2,1-2H3,(H,40,43)(H,49,50)/b18-17-,27-25+. The van der Waals surface area contributed by atoms with E-state index in [1.165, 1.54) is 63.9 Å². The SMILES string of the molecule is CCCCCCC/C=C/C(O)C(COP(=O)(O)OC1C(O)C(O)C(O)C(O)C1O)NC(=O)CC(O)CCCCC/C=C\CCCCCCCCCCC. The van der Waals surface area contributed by atoms with E-state index in [9.17, 15) is 50.0 Å². The molecule has 53 heavy (non-hydrogen) atoms. The van der Waals surface area contributed by atoms with Crippen molar-refractivity contribution in [1.82, 2.24) is 5.32 Å². The molecule has 0 aromatic heterocycles. The maximum atomic E-state index is 12.9. The lowest BCUT2D eigenvalue weighted by molar-refractivity contribution is -0.220. The zero-order valence-electron chi connectivity index (χ0n) is 32.4. The largest absolute Gasteiger partial charge is 0.472 e. The second kappa shape index (κ2) is 30.0. The van der Waals surface area contributed by atoms with Gasteiger partial charge in [0.25, 0.3) is 0 Å². The zero-order chi connectivity index (χ0) is 39.5. The van der Waals surface area contributed by atoms with Gasteiger partial charge in [-0.15, -0.1) is 0 Å². The molecule has 0 saturated heterocycles. The van der Waals surface area contributed by atoms with Crippen molar-refractivity contribution in [3.05, 3.63) is 24.3 Å². The normalized spacial score (nSPS) is 25.1. The van der Waals surface area contributed by atoms with Gasteiger partial charge in [0.05, 0.1) is 31.3 Å². The van der Waals surface area contributed by atoms with Crippen LogP contribution in [-0.4, -0.2) is 108 Å². The Kier molecular flexibility index (Phi) is 28.2. The molecule has 0 bridgehead atoms. The van der Waals surface area contributed by atoms with E-state index < -0.39 is 75.2 Å². The third-order valence-electron chi connectivity index (χ3n) is 9.78. The summed E-state index contributed by atoms with van der Waals surface area (Å²) in [5.74, 6) is -0.607. The average molecular weight is 780 g/mol. The van der Waals surface area contributed by atoms with Crippen molar-refractivity contribution in [2.45, 2.75) is 210 Å². The molecule has 14 heteroatoms. The van der Waals surface area contributed by atoms with Crippen LogP contribution in [-0.2, 0) is 18.4 Å². The molecule has 0 radical (unpaired) electrons. The molecule has 13 nitrogen and oxygen atoms in total. The fraction of sp³-hybridized carbons (Fsp3) is 0.872. The van der Waals surface area contributed by atoms with Crippen LogP contribution in [0.4, 0.5) is 0 Å². The Morgan fingerprint density at radius 1 is 0.660 bits per heavy atom. The van der Waals surface area contributed by atoms with Crippen LogP contribution in [0.1, 0.15) is 155 Å². The van der Waals surface area contributed by atoms with Crippen LogP contribution in [0.25, 0.3) is 0 Å². The van der Waals surface area contributed by atoms with Gasteiger partial charge in [-0.2, -0.15) is 0 Å². The van der Waals surface area contributed by atoms with Crippen molar-refractivity contribution in [1.29, 1.82) is 0 Å². The van der Waals surface area contributed by atoms with E-state index in [2.05, 4.69) is 31.3 Å². The molecule has 8 atom stereocenters. The predicted molar refractivity (Wildman–Crippen MR) is 206 cm³/mol. The molecule has 1 aliphatic carbocycles. The Balaban J connectivity index is 2.54. The van der Waals surface area contributed by atoms with Gasteiger partial charge in [0, 0.05) is 0 Å². The number of carbonyl (C=O) groups excluding carboxylic acids is 1. The number of phosphoric acid groups is 1. The maximum absolute atomic E-state index is 12.9. The minimum absolute atomic E-state index is 0.255. The van der Waals surface area contributed by atoms with Gasteiger partial charge in [0.2, 0.25) is 5.91 Å². The van der Waals surface area contributed by atoms with E-state index in [-0.39, 0.29) is 6.42 Å². The van der Waals surface area contributed by atoms with Gasteiger partial charge in [-0.25, -0.2) is 4.57 Å². The molecule has 8 unspecified atom stereocenters. The molecule has 0 aromatic rings. The van der Waals surface area contributed by atoms with Crippen molar-refractivity contribution >= 4 is 13.7 Å². The highest BCUT2D eigenvalue weighted by molar-refractivity contribution is 7.47. The number of allylic oxidation sites excluding steroid dienone is 3. The second-order valence-electron chi connectivity index (χ2n) is 14.7. The van der Waals surface area contributed by atoms with E-state index in [0.717, 1.165) is 64.2 Å². The quantitative estimate of drug-likeness (QED) is 0.0243. The third-order valence-corrected chi connectivity index (χ3v) is 10.8. The highest BCUT2D eigenvalue weighted by Crippen LogP contribution is 2.47. The average Bonchev–Trinajstić information content (AvgIpc) is 3.12. The van der Waals surface area contributed by atoms with Crippen LogP contribution in [0.2, 0.25) is 0 Å². The van der Waals surface area contributed by atoms with Crippen LogP contribution in [0, 0.1) is 0 Å². The first-order valence-electron chi connectivity index (χ1n) is 20.4. The minimum Gasteiger partial charge on any atom is -0.393 e. The van der Waals surface area contributed by atoms with Crippen molar-refractivity contribution < 1.29 is 59.0 Å². The predicted octanol–water partition coefficient (Wildman–Crippen LogP) is 5.25. The monoisotopic (exact) mass is 779 g/mol. The molecule has 1 amide bonds. The van der Waals surface area contributed by atoms with E-state index in [4.69, 9.17) is 9.05 Å². The van der Waals surface area contributed by atoms with Gasteiger partial charge in [-0.05, 0) is 44.9 Å². The van der Waals surface area contributed by atoms with E-state index in [1.54, 1.807) is 6.08 Å². The van der Waals surface area contributed by atoms with Crippen molar-refractivity contribution in [3.8, 4) is 0 Å². The number of amides is 1. The number of hydrogen-bond donors (Lipinski definition) is 9. The van der Waals surface area contributed by atoms with E-state index >= 15 is 0 Å². The van der Waals surface area contributed by atoms with Gasteiger partial charge in [-0.3, -0.25) is 13.8 Å². The maximum Gasteiger partial charge on any atom is 0.472 e. The summed E-state index contributed by atoms with van der Waals surface area (Å²) in [6.45, 7) is 3.62. The van der Waals surface area contributed by atoms with Crippen LogP contribution < -0.4 is 5.32 Å². The van der Waals surface area contributed by atoms with Gasteiger partial charge in [-0.1, -0.05) is 128 Å². The lowest BCUT2D eigenvalue weighted by Crippen LogP contribution is -2.64. The lowest BCUT2D eigenvalue weighted by Gasteiger charge is -2.41. The van der Waals surface area contributed by atoms with E-state index in [1.807, 2.05) is 0 Å². The number of hydrogen-bond acceptors (Lipinski definition) is 11. The molecular weight excluding hydrogens is 705 g/mol. The smallest absolute Gasteiger partial charge is 0.393 e. The number of aliphatic hydroxyl groups is 7. The highest BCUT2D eigenvalue weighted by Gasteiger charge is 2.51. The molecule has 1 rings (SSSR count). The summed E-state index contributed by atoms with van der Waals surface area (Å²) in [4.78, 5) is 23.2. The van der Waals surface area contributed by atoms with Crippen molar-refractivity contribution in [2.75, 3.05) is 6.61 Å². The summed E-state index contributed by atoms with van der Waals surface area (Å²) >= 11 is 0. The van der Waals surface area contributed by atoms with E-state index in [0.29, 0.717) is 12.8 Å². The first-order chi connectivity index (χ1) is 25.3. The lowest BCUT2D eigenvalue weighted by atomic mass is 9.85. The molecule has 1 fully saturated rings. The Morgan fingerprint density at radius 3 is 1.60 bits per heavy atom. The van der Waals surface area contributed by atoms with Gasteiger partial charge in [0.1, 0.15) is 36.6 Å². The third kappa shape index (κ3) is 22.8. The molecule has 0 aliphatic heterocycles. The number of carbonyl (C=O) groups is 1. The topological polar surface area (TPSA) is 226 Å². The number of unbranched alkanes of at least 4 members (excludes halogenated alkanes) is 17. The number of rotatable bonds is 32. The minimum atomic E-state index is -5.13.